The van der Waals surface area contributed by atoms with Crippen molar-refractivity contribution in [2.24, 2.45) is 5.84 Å². The van der Waals surface area contributed by atoms with Gasteiger partial charge in [0.2, 0.25) is 0 Å². The van der Waals surface area contributed by atoms with E-state index in [1.54, 1.807) is 18.3 Å². The molecule has 0 aromatic heterocycles. The molecule has 0 fully saturated rings. The van der Waals surface area contributed by atoms with E-state index in [0.29, 0.717) is 11.0 Å². The van der Waals surface area contributed by atoms with Crippen LogP contribution in [0, 0.1) is 0 Å². The molecule has 0 aliphatic rings. The van der Waals surface area contributed by atoms with Crippen molar-refractivity contribution in [3.63, 3.8) is 0 Å². The predicted molar refractivity (Wildman–Crippen MR) is 140 cm³/mol. The van der Waals surface area contributed by atoms with Gasteiger partial charge in [-0.15, -0.1) is 0 Å². The summed E-state index contributed by atoms with van der Waals surface area (Å²) >= 11 is 8.10. The maximum atomic E-state index is 13.4. The molecule has 4 aromatic carbocycles. The van der Waals surface area contributed by atoms with Crippen LogP contribution in [-0.4, -0.2) is 5.91 Å². The molecule has 0 aliphatic heterocycles. The molecule has 33 heavy (non-hydrogen) atoms. The van der Waals surface area contributed by atoms with Crippen LogP contribution in [-0.2, 0) is 0 Å². The summed E-state index contributed by atoms with van der Waals surface area (Å²) in [7, 11) is 0. The zero-order valence-corrected chi connectivity index (χ0v) is 19.6. The van der Waals surface area contributed by atoms with E-state index < -0.39 is 5.96 Å². The Morgan fingerprint density at radius 2 is 1.03 bits per heavy atom. The Labute approximate surface area is 198 Å². The number of carbonyl (C=O) groups is 1. The Bertz CT molecular complexity index is 1150. The van der Waals surface area contributed by atoms with Gasteiger partial charge in [-0.3, -0.25) is 0 Å². The van der Waals surface area contributed by atoms with Gasteiger partial charge in [0.05, 0.1) is 0 Å². The summed E-state index contributed by atoms with van der Waals surface area (Å²) in [5, 5.41) is 5.78. The second-order valence-corrected chi connectivity index (χ2v) is 13.6. The molecular formula is C27H25ClN3OP. The third-order valence-corrected chi connectivity index (χ3v) is 12.9. The van der Waals surface area contributed by atoms with Crippen molar-refractivity contribution in [1.82, 2.24) is 10.7 Å². The summed E-state index contributed by atoms with van der Waals surface area (Å²) in [5.74, 6) is 1.61. The molecule has 1 amide bonds. The molecule has 4 rings (SSSR count). The van der Waals surface area contributed by atoms with Gasteiger partial charge in [-0.2, -0.15) is 0 Å². The van der Waals surface area contributed by atoms with Crippen LogP contribution in [0.15, 0.2) is 133 Å². The van der Waals surface area contributed by atoms with Gasteiger partial charge >= 0.3 is 199 Å². The number of nitrogens with two attached hydrogens (primary N) is 1. The first-order valence-electron chi connectivity index (χ1n) is 10.5. The van der Waals surface area contributed by atoms with Crippen LogP contribution in [0.4, 0.5) is 0 Å². The fourth-order valence-corrected chi connectivity index (χ4v) is 9.95. The molecule has 0 radical (unpaired) electrons. The molecule has 4 N–H and O–H groups in total. The molecule has 0 saturated heterocycles. The minimum absolute atomic E-state index is 0.269. The Kier molecular flexibility index (Phi) is 6.62. The van der Waals surface area contributed by atoms with E-state index in [2.05, 4.69) is 10.7 Å². The van der Waals surface area contributed by atoms with Gasteiger partial charge in [0.1, 0.15) is 0 Å². The Hall–Kier alpha value is -3.43. The van der Waals surface area contributed by atoms with Crippen molar-refractivity contribution in [2.75, 3.05) is 0 Å². The van der Waals surface area contributed by atoms with Crippen LogP contribution in [0.5, 0.6) is 0 Å². The molecule has 0 saturated carbocycles. The third kappa shape index (κ3) is 3.94. The first kappa shape index (κ1) is 22.8. The Morgan fingerprint density at radius 1 is 0.667 bits per heavy atom. The Morgan fingerprint density at radius 3 is 1.39 bits per heavy atom. The van der Waals surface area contributed by atoms with Gasteiger partial charge in [-0.05, 0) is 0 Å². The van der Waals surface area contributed by atoms with Crippen molar-refractivity contribution in [3.05, 3.63) is 139 Å². The molecule has 4 nitrogen and oxygen atoms in total. The van der Waals surface area contributed by atoms with Gasteiger partial charge < -0.3 is 0 Å². The number of hydrogen-bond acceptors (Lipinski definition) is 3. The summed E-state index contributed by atoms with van der Waals surface area (Å²) in [6.07, 6.45) is 1.60. The van der Waals surface area contributed by atoms with Crippen LogP contribution in [0.3, 0.4) is 0 Å². The van der Waals surface area contributed by atoms with E-state index in [1.165, 1.54) is 0 Å². The van der Waals surface area contributed by atoms with Gasteiger partial charge in [-0.25, -0.2) is 0 Å². The van der Waals surface area contributed by atoms with E-state index in [0.717, 1.165) is 15.9 Å². The topological polar surface area (TPSA) is 67.2 Å². The monoisotopic (exact) mass is 473 g/mol. The van der Waals surface area contributed by atoms with E-state index >= 15 is 0 Å². The van der Waals surface area contributed by atoms with Crippen molar-refractivity contribution in [2.45, 2.75) is 0 Å². The van der Waals surface area contributed by atoms with Crippen LogP contribution < -0.4 is 32.5 Å². The number of carbonyl (C=O) groups excluding carboxylic acids is 1. The van der Waals surface area contributed by atoms with E-state index in [4.69, 9.17) is 17.1 Å². The Balaban J connectivity index is 2.07. The number of hydrazine groups is 1. The van der Waals surface area contributed by atoms with Crippen molar-refractivity contribution in [1.29, 1.82) is 0 Å². The molecule has 6 heteroatoms. The molecule has 0 spiro atoms. The predicted octanol–water partition coefficient (Wildman–Crippen LogP) is 4.36. The van der Waals surface area contributed by atoms with Crippen molar-refractivity contribution in [3.8, 4) is 0 Å². The second-order valence-electron chi connectivity index (χ2n) is 7.53. The van der Waals surface area contributed by atoms with E-state index in [-0.39, 0.29) is 5.91 Å². The zero-order valence-electron chi connectivity index (χ0n) is 17.9. The van der Waals surface area contributed by atoms with Crippen molar-refractivity contribution >= 4 is 39.0 Å². The standard InChI is InChI=1S/C27H25ClN3OP/c28-33(23-15-7-2-8-16-23,24-17-9-3-10-18-24,25-19-11-4-12-20-25)26(21-30-29)31-27(32)22-13-5-1-6-14-22/h1-21,30H,29H2,(H,31,32). The van der Waals surface area contributed by atoms with Gasteiger partial charge in [-0.1, -0.05) is 0 Å². The van der Waals surface area contributed by atoms with Gasteiger partial charge in [0.15, 0.2) is 0 Å². The van der Waals surface area contributed by atoms with Gasteiger partial charge in [0, 0.05) is 0 Å². The average Bonchev–Trinajstić information content (AvgIpc) is 2.90. The fourth-order valence-electron chi connectivity index (χ4n) is 4.11. The number of amides is 1. The van der Waals surface area contributed by atoms with Crippen LogP contribution in [0.25, 0.3) is 0 Å². The number of nitrogens with one attached hydrogen (secondary N) is 2. The maximum absolute atomic E-state index is 13.4. The summed E-state index contributed by atoms with van der Waals surface area (Å²) in [6.45, 7) is 0. The first-order valence-corrected chi connectivity index (χ1v) is 13.7. The van der Waals surface area contributed by atoms with Crippen LogP contribution in [0.2, 0.25) is 0 Å². The zero-order chi connectivity index (χ0) is 23.2. The fraction of sp³-hybridized carbons (Fsp3) is 0. The number of benzene rings is 4. The second kappa shape index (κ2) is 9.60. The normalized spacial score (nSPS) is 12.9. The number of halogens is 1. The number of rotatable bonds is 7. The first-order chi connectivity index (χ1) is 16.1. The molecule has 0 aliphatic carbocycles. The summed E-state index contributed by atoms with van der Waals surface area (Å²) < 4.78 is 0. The third-order valence-electron chi connectivity index (χ3n) is 5.67. The van der Waals surface area contributed by atoms with Crippen LogP contribution >= 0.6 is 17.2 Å². The molecule has 166 valence electrons. The van der Waals surface area contributed by atoms with E-state index in [9.17, 15) is 4.79 Å². The van der Waals surface area contributed by atoms with Crippen LogP contribution in [0.1, 0.15) is 10.4 Å². The molecule has 0 atom stereocenters. The summed E-state index contributed by atoms with van der Waals surface area (Å²) in [4.78, 5) is 13.4. The molecule has 0 bridgehead atoms. The van der Waals surface area contributed by atoms with Crippen molar-refractivity contribution < 1.29 is 4.79 Å². The summed E-state index contributed by atoms with van der Waals surface area (Å²) in [5.41, 5.74) is 3.66. The number of hydrogen-bond donors (Lipinski definition) is 3. The summed E-state index contributed by atoms with van der Waals surface area (Å²) in [6, 6.07) is 38.7. The SMILES string of the molecule is NNC=C(NC(=O)c1ccccc1)P(Cl)(c1ccccc1)(c1ccccc1)c1ccccc1. The minimum atomic E-state index is -3.94. The quantitative estimate of drug-likeness (QED) is 0.212. The average molecular weight is 474 g/mol. The molecule has 0 unspecified atom stereocenters. The molecule has 4 aromatic rings. The molecular weight excluding hydrogens is 449 g/mol. The van der Waals surface area contributed by atoms with Gasteiger partial charge in [0.25, 0.3) is 0 Å². The molecule has 0 heterocycles. The van der Waals surface area contributed by atoms with E-state index in [1.807, 2.05) is 109 Å².